The van der Waals surface area contributed by atoms with E-state index in [4.69, 9.17) is 15.6 Å². The Bertz CT molecular complexity index is 363. The van der Waals surface area contributed by atoms with Crippen LogP contribution in [0.3, 0.4) is 0 Å². The molecule has 0 spiro atoms. The first-order valence-corrected chi connectivity index (χ1v) is 4.71. The zero-order valence-electron chi connectivity index (χ0n) is 8.86. The van der Waals surface area contributed by atoms with E-state index in [2.05, 4.69) is 0 Å². The number of carboxylic acid groups (broad SMARTS) is 1. The summed E-state index contributed by atoms with van der Waals surface area (Å²) in [6.07, 6.45) is -0.980. The molecule has 0 fully saturated rings. The fourth-order valence-corrected chi connectivity index (χ4v) is 1.28. The number of nitrogens with two attached hydrogens (primary N) is 1. The predicted octanol–water partition coefficient (Wildman–Crippen LogP) is 1.09. The van der Waals surface area contributed by atoms with Gasteiger partial charge in [-0.15, -0.1) is 0 Å². The highest BCUT2D eigenvalue weighted by atomic mass is 16.5. The molecule has 0 aliphatic heterocycles. The number of carboxylic acids is 1. The Balaban J connectivity index is 2.84. The summed E-state index contributed by atoms with van der Waals surface area (Å²) in [7, 11) is 0. The standard InChI is InChI=1S/C11H15NO3/c1-7-3-4-9(8(2)5-7)15-10(6-12)11(13)14/h3-5,10H,6,12H2,1-2H3,(H,13,14). The summed E-state index contributed by atoms with van der Waals surface area (Å²) in [4.78, 5) is 10.7. The van der Waals surface area contributed by atoms with Crippen LogP contribution in [0.15, 0.2) is 18.2 Å². The van der Waals surface area contributed by atoms with Gasteiger partial charge < -0.3 is 15.6 Å². The molecule has 3 N–H and O–H groups in total. The molecule has 1 unspecified atom stereocenters. The highest BCUT2D eigenvalue weighted by Crippen LogP contribution is 2.19. The minimum Gasteiger partial charge on any atom is -0.478 e. The van der Waals surface area contributed by atoms with Gasteiger partial charge >= 0.3 is 5.97 Å². The SMILES string of the molecule is Cc1ccc(OC(CN)C(=O)O)c(C)c1. The summed E-state index contributed by atoms with van der Waals surface area (Å²) in [5, 5.41) is 8.78. The van der Waals surface area contributed by atoms with Crippen molar-refractivity contribution in [1.82, 2.24) is 0 Å². The van der Waals surface area contributed by atoms with Crippen molar-refractivity contribution in [2.45, 2.75) is 20.0 Å². The summed E-state index contributed by atoms with van der Waals surface area (Å²) in [5.74, 6) is -0.476. The van der Waals surface area contributed by atoms with Crippen molar-refractivity contribution in [2.75, 3.05) is 6.54 Å². The number of ether oxygens (including phenoxy) is 1. The van der Waals surface area contributed by atoms with Crippen molar-refractivity contribution < 1.29 is 14.6 Å². The average Bonchev–Trinajstić information content (AvgIpc) is 2.16. The van der Waals surface area contributed by atoms with E-state index in [1.165, 1.54) is 0 Å². The minimum atomic E-state index is -1.04. The molecule has 0 saturated heterocycles. The largest absolute Gasteiger partial charge is 0.478 e. The van der Waals surface area contributed by atoms with Crippen molar-refractivity contribution in [2.24, 2.45) is 5.73 Å². The van der Waals surface area contributed by atoms with E-state index in [-0.39, 0.29) is 6.54 Å². The van der Waals surface area contributed by atoms with Crippen LogP contribution in [0.25, 0.3) is 0 Å². The minimum absolute atomic E-state index is 0.0390. The Labute approximate surface area is 88.7 Å². The van der Waals surface area contributed by atoms with E-state index in [0.717, 1.165) is 11.1 Å². The fraction of sp³-hybridized carbons (Fsp3) is 0.364. The van der Waals surface area contributed by atoms with Gasteiger partial charge in [-0.25, -0.2) is 4.79 Å². The van der Waals surface area contributed by atoms with E-state index >= 15 is 0 Å². The molecular formula is C11H15NO3. The van der Waals surface area contributed by atoms with Gasteiger partial charge in [-0.3, -0.25) is 0 Å². The molecule has 0 aromatic heterocycles. The lowest BCUT2D eigenvalue weighted by Gasteiger charge is -2.15. The van der Waals surface area contributed by atoms with E-state index in [1.54, 1.807) is 6.07 Å². The topological polar surface area (TPSA) is 72.5 Å². The Morgan fingerprint density at radius 2 is 2.20 bits per heavy atom. The molecule has 1 rings (SSSR count). The molecule has 4 nitrogen and oxygen atoms in total. The second kappa shape index (κ2) is 4.79. The van der Waals surface area contributed by atoms with Crippen LogP contribution in [0.4, 0.5) is 0 Å². The second-order valence-electron chi connectivity index (χ2n) is 3.45. The lowest BCUT2D eigenvalue weighted by atomic mass is 10.1. The molecule has 0 radical (unpaired) electrons. The zero-order valence-corrected chi connectivity index (χ0v) is 8.86. The summed E-state index contributed by atoms with van der Waals surface area (Å²) in [5.41, 5.74) is 7.32. The Morgan fingerprint density at radius 1 is 1.53 bits per heavy atom. The van der Waals surface area contributed by atoms with Crippen LogP contribution < -0.4 is 10.5 Å². The maximum absolute atomic E-state index is 10.7. The maximum atomic E-state index is 10.7. The van der Waals surface area contributed by atoms with Crippen molar-refractivity contribution in [3.05, 3.63) is 29.3 Å². The first-order valence-electron chi connectivity index (χ1n) is 4.71. The van der Waals surface area contributed by atoms with E-state index < -0.39 is 12.1 Å². The highest BCUT2D eigenvalue weighted by molar-refractivity contribution is 5.73. The van der Waals surface area contributed by atoms with Crippen LogP contribution in [0.2, 0.25) is 0 Å². The molecule has 1 atom stereocenters. The molecule has 4 heteroatoms. The van der Waals surface area contributed by atoms with Crippen LogP contribution in [0.1, 0.15) is 11.1 Å². The lowest BCUT2D eigenvalue weighted by Crippen LogP contribution is -2.34. The molecule has 1 aromatic rings. The normalized spacial score (nSPS) is 12.2. The summed E-state index contributed by atoms with van der Waals surface area (Å²) in [6, 6.07) is 5.57. The Kier molecular flexibility index (Phi) is 3.68. The monoisotopic (exact) mass is 209 g/mol. The number of rotatable bonds is 4. The first-order chi connectivity index (χ1) is 7.04. The third kappa shape index (κ3) is 2.95. The van der Waals surface area contributed by atoms with E-state index in [1.807, 2.05) is 26.0 Å². The lowest BCUT2D eigenvalue weighted by molar-refractivity contribution is -0.144. The summed E-state index contributed by atoms with van der Waals surface area (Å²) < 4.78 is 5.29. The van der Waals surface area contributed by atoms with Crippen molar-refractivity contribution >= 4 is 5.97 Å². The molecule has 0 aliphatic carbocycles. The van der Waals surface area contributed by atoms with Crippen LogP contribution in [0.5, 0.6) is 5.75 Å². The van der Waals surface area contributed by atoms with Crippen LogP contribution >= 0.6 is 0 Å². The first kappa shape index (κ1) is 11.5. The molecule has 0 saturated carbocycles. The molecule has 82 valence electrons. The predicted molar refractivity (Wildman–Crippen MR) is 57.0 cm³/mol. The van der Waals surface area contributed by atoms with Crippen LogP contribution in [-0.2, 0) is 4.79 Å². The molecule has 1 aromatic carbocycles. The van der Waals surface area contributed by atoms with Crippen molar-refractivity contribution in [1.29, 1.82) is 0 Å². The van der Waals surface area contributed by atoms with Gasteiger partial charge in [0, 0.05) is 6.54 Å². The number of hydrogen-bond donors (Lipinski definition) is 2. The Morgan fingerprint density at radius 3 is 2.67 bits per heavy atom. The van der Waals surface area contributed by atoms with Crippen LogP contribution in [-0.4, -0.2) is 23.7 Å². The van der Waals surface area contributed by atoms with Gasteiger partial charge in [0.05, 0.1) is 0 Å². The molecule has 0 heterocycles. The van der Waals surface area contributed by atoms with Gasteiger partial charge in [0.15, 0.2) is 0 Å². The van der Waals surface area contributed by atoms with Gasteiger partial charge in [-0.1, -0.05) is 17.7 Å². The van der Waals surface area contributed by atoms with Crippen molar-refractivity contribution in [3.8, 4) is 5.75 Å². The van der Waals surface area contributed by atoms with E-state index in [9.17, 15) is 4.79 Å². The maximum Gasteiger partial charge on any atom is 0.346 e. The van der Waals surface area contributed by atoms with Gasteiger partial charge in [0.25, 0.3) is 0 Å². The van der Waals surface area contributed by atoms with E-state index in [0.29, 0.717) is 5.75 Å². The van der Waals surface area contributed by atoms with Crippen LogP contribution in [0, 0.1) is 13.8 Å². The molecule has 0 aliphatic rings. The summed E-state index contributed by atoms with van der Waals surface area (Å²) in [6.45, 7) is 3.80. The molecule has 0 bridgehead atoms. The number of benzene rings is 1. The van der Waals surface area contributed by atoms with Gasteiger partial charge in [0.1, 0.15) is 5.75 Å². The molecule has 0 amide bonds. The van der Waals surface area contributed by atoms with Gasteiger partial charge in [-0.05, 0) is 25.5 Å². The fourth-order valence-electron chi connectivity index (χ4n) is 1.28. The highest BCUT2D eigenvalue weighted by Gasteiger charge is 2.17. The number of aliphatic carboxylic acids is 1. The quantitative estimate of drug-likeness (QED) is 0.778. The van der Waals surface area contributed by atoms with Gasteiger partial charge in [0.2, 0.25) is 6.10 Å². The number of aryl methyl sites for hydroxylation is 2. The average molecular weight is 209 g/mol. The number of carbonyl (C=O) groups is 1. The smallest absolute Gasteiger partial charge is 0.346 e. The molecular weight excluding hydrogens is 194 g/mol. The van der Waals surface area contributed by atoms with Crippen molar-refractivity contribution in [3.63, 3.8) is 0 Å². The number of hydrogen-bond acceptors (Lipinski definition) is 3. The van der Waals surface area contributed by atoms with Gasteiger partial charge in [-0.2, -0.15) is 0 Å². The third-order valence-electron chi connectivity index (χ3n) is 2.09. The zero-order chi connectivity index (χ0) is 11.4. The molecule has 15 heavy (non-hydrogen) atoms. The second-order valence-corrected chi connectivity index (χ2v) is 3.45. The summed E-state index contributed by atoms with van der Waals surface area (Å²) >= 11 is 0. The third-order valence-corrected chi connectivity index (χ3v) is 2.09. The Hall–Kier alpha value is -1.55.